The minimum Gasteiger partial charge on any atom is -0.324 e. The number of carbonyl (C=O) groups excluding carboxylic acids is 1. The Morgan fingerprint density at radius 3 is 2.79 bits per heavy atom. The van der Waals surface area contributed by atoms with Gasteiger partial charge in [0.05, 0.1) is 20.8 Å². The van der Waals surface area contributed by atoms with Crippen molar-refractivity contribution in [3.05, 3.63) is 48.0 Å². The van der Waals surface area contributed by atoms with E-state index in [0.29, 0.717) is 10.8 Å². The lowest BCUT2D eigenvalue weighted by atomic mass is 10.2. The van der Waals surface area contributed by atoms with Crippen LogP contribution in [0.4, 0.5) is 14.5 Å². The number of hydrogen-bond acceptors (Lipinski definition) is 4. The summed E-state index contributed by atoms with van der Waals surface area (Å²) in [5.41, 5.74) is 0.775. The van der Waals surface area contributed by atoms with Crippen LogP contribution in [-0.4, -0.2) is 10.9 Å². The highest BCUT2D eigenvalue weighted by atomic mass is 32.2. The normalized spacial score (nSPS) is 11.0. The van der Waals surface area contributed by atoms with Gasteiger partial charge in [-0.3, -0.25) is 4.79 Å². The summed E-state index contributed by atoms with van der Waals surface area (Å²) >= 11 is 2.30. The van der Waals surface area contributed by atoms with E-state index in [0.717, 1.165) is 28.0 Å². The molecule has 3 aromatic rings. The van der Waals surface area contributed by atoms with Gasteiger partial charge >= 0.3 is 0 Å². The van der Waals surface area contributed by atoms with Crippen molar-refractivity contribution in [1.29, 1.82) is 0 Å². The summed E-state index contributed by atoms with van der Waals surface area (Å²) in [6.07, 6.45) is 0.944. The highest BCUT2D eigenvalue weighted by Crippen LogP contribution is 2.38. The number of amides is 1. The molecule has 0 aliphatic heterocycles. The Kier molecular flexibility index (Phi) is 5.11. The van der Waals surface area contributed by atoms with Gasteiger partial charge in [-0.25, -0.2) is 13.8 Å². The lowest BCUT2D eigenvalue weighted by Crippen LogP contribution is -2.12. The predicted molar refractivity (Wildman–Crippen MR) is 93.6 cm³/mol. The quantitative estimate of drug-likeness (QED) is 0.653. The number of para-hydroxylation sites is 1. The van der Waals surface area contributed by atoms with Crippen LogP contribution in [0.1, 0.15) is 19.8 Å². The van der Waals surface area contributed by atoms with Gasteiger partial charge < -0.3 is 5.32 Å². The molecule has 0 saturated heterocycles. The predicted octanol–water partition coefficient (Wildman–Crippen LogP) is 5.46. The molecule has 0 aliphatic carbocycles. The molecule has 0 radical (unpaired) electrons. The Bertz CT molecular complexity index is 862. The zero-order valence-corrected chi connectivity index (χ0v) is 14.4. The molecule has 7 heteroatoms. The summed E-state index contributed by atoms with van der Waals surface area (Å²) in [6, 6.07) is 9.90. The van der Waals surface area contributed by atoms with E-state index in [2.05, 4.69) is 10.3 Å². The smallest absolute Gasteiger partial charge is 0.224 e. The Hall–Kier alpha value is -1.99. The number of hydrogen-bond donors (Lipinski definition) is 1. The molecule has 1 heterocycles. The molecule has 24 heavy (non-hydrogen) atoms. The van der Waals surface area contributed by atoms with Crippen LogP contribution in [0, 0.1) is 11.6 Å². The fourth-order valence-electron chi connectivity index (χ4n) is 2.14. The molecule has 1 amide bonds. The molecule has 3 nitrogen and oxygen atoms in total. The summed E-state index contributed by atoms with van der Waals surface area (Å²) in [5, 5.41) is 2.48. The minimum atomic E-state index is -0.774. The molecule has 124 valence electrons. The number of nitrogens with zero attached hydrogens (tertiary/aromatic N) is 1. The first-order valence-corrected chi connectivity index (χ1v) is 9.03. The molecule has 0 saturated carbocycles. The van der Waals surface area contributed by atoms with E-state index in [4.69, 9.17) is 0 Å². The first-order chi connectivity index (χ1) is 11.6. The van der Waals surface area contributed by atoms with E-state index >= 15 is 0 Å². The van der Waals surface area contributed by atoms with Gasteiger partial charge in [0.2, 0.25) is 5.91 Å². The van der Waals surface area contributed by atoms with E-state index < -0.39 is 11.6 Å². The van der Waals surface area contributed by atoms with Crippen LogP contribution in [-0.2, 0) is 4.79 Å². The molecular formula is C17H14F2N2OS2. The van der Waals surface area contributed by atoms with E-state index in [-0.39, 0.29) is 22.9 Å². The van der Waals surface area contributed by atoms with Crippen molar-refractivity contribution in [2.24, 2.45) is 0 Å². The number of nitrogens with one attached hydrogen (secondary N) is 1. The van der Waals surface area contributed by atoms with Gasteiger partial charge in [-0.2, -0.15) is 0 Å². The second-order valence-electron chi connectivity index (χ2n) is 5.09. The number of benzene rings is 2. The molecule has 0 aliphatic rings. The average Bonchev–Trinajstić information content (AvgIpc) is 2.97. The third kappa shape index (κ3) is 3.57. The molecular weight excluding hydrogens is 350 g/mol. The number of halogens is 2. The van der Waals surface area contributed by atoms with Crippen LogP contribution in [0.2, 0.25) is 0 Å². The third-order valence-corrected chi connectivity index (χ3v) is 5.44. The Morgan fingerprint density at radius 2 is 2.04 bits per heavy atom. The van der Waals surface area contributed by atoms with Crippen molar-refractivity contribution in [3.63, 3.8) is 0 Å². The molecule has 0 unspecified atom stereocenters. The number of thiazole rings is 1. The monoisotopic (exact) mass is 364 g/mol. The van der Waals surface area contributed by atoms with E-state index in [1.54, 1.807) is 0 Å². The lowest BCUT2D eigenvalue weighted by molar-refractivity contribution is -0.116. The first kappa shape index (κ1) is 16.9. The van der Waals surface area contributed by atoms with Crippen LogP contribution in [0.15, 0.2) is 45.6 Å². The van der Waals surface area contributed by atoms with Crippen LogP contribution < -0.4 is 5.32 Å². The van der Waals surface area contributed by atoms with Crippen LogP contribution in [0.3, 0.4) is 0 Å². The summed E-state index contributed by atoms with van der Waals surface area (Å²) in [6.45, 7) is 1.86. The molecule has 0 spiro atoms. The van der Waals surface area contributed by atoms with Crippen LogP contribution in [0.25, 0.3) is 10.2 Å². The average molecular weight is 364 g/mol. The highest BCUT2D eigenvalue weighted by Gasteiger charge is 2.18. The highest BCUT2D eigenvalue weighted by molar-refractivity contribution is 8.01. The van der Waals surface area contributed by atoms with Gasteiger partial charge in [0, 0.05) is 6.42 Å². The van der Waals surface area contributed by atoms with Gasteiger partial charge in [-0.1, -0.05) is 30.8 Å². The minimum absolute atomic E-state index is 0.0153. The summed E-state index contributed by atoms with van der Waals surface area (Å²) in [5.74, 6) is -1.74. The van der Waals surface area contributed by atoms with Crippen molar-refractivity contribution < 1.29 is 13.6 Å². The topological polar surface area (TPSA) is 42.0 Å². The largest absolute Gasteiger partial charge is 0.324 e. The Balaban J connectivity index is 1.90. The molecule has 0 fully saturated rings. The number of carbonyl (C=O) groups is 1. The second kappa shape index (κ2) is 7.27. The van der Waals surface area contributed by atoms with E-state index in [1.165, 1.54) is 17.4 Å². The fourth-order valence-corrected chi connectivity index (χ4v) is 4.21. The number of aromatic nitrogens is 1. The molecule has 0 atom stereocenters. The first-order valence-electron chi connectivity index (χ1n) is 7.39. The van der Waals surface area contributed by atoms with Crippen LogP contribution in [0.5, 0.6) is 0 Å². The van der Waals surface area contributed by atoms with Crippen molar-refractivity contribution in [3.8, 4) is 0 Å². The van der Waals surface area contributed by atoms with Crippen molar-refractivity contribution in [2.45, 2.75) is 29.0 Å². The van der Waals surface area contributed by atoms with Crippen LogP contribution >= 0.6 is 23.1 Å². The Labute approximate surface area is 146 Å². The summed E-state index contributed by atoms with van der Waals surface area (Å²) in [7, 11) is 0. The zero-order valence-electron chi connectivity index (χ0n) is 12.8. The van der Waals surface area contributed by atoms with Gasteiger partial charge in [0.15, 0.2) is 10.2 Å². The van der Waals surface area contributed by atoms with Gasteiger partial charge in [-0.05, 0) is 30.7 Å². The molecule has 1 aromatic heterocycles. The molecule has 1 N–H and O–H groups in total. The van der Waals surface area contributed by atoms with Crippen molar-refractivity contribution >= 4 is 44.9 Å². The van der Waals surface area contributed by atoms with Gasteiger partial charge in [0.25, 0.3) is 0 Å². The van der Waals surface area contributed by atoms with Gasteiger partial charge in [-0.15, -0.1) is 11.3 Å². The summed E-state index contributed by atoms with van der Waals surface area (Å²) in [4.78, 5) is 15.9. The van der Waals surface area contributed by atoms with E-state index in [9.17, 15) is 13.6 Å². The maximum atomic E-state index is 14.6. The van der Waals surface area contributed by atoms with Gasteiger partial charge in [0.1, 0.15) is 5.82 Å². The number of anilines is 1. The SMILES string of the molecule is CCCC(=O)Nc1ccc(F)c(Sc2nc3ccccc3s2)c1F. The van der Waals surface area contributed by atoms with Crippen molar-refractivity contribution in [2.75, 3.05) is 5.32 Å². The molecule has 3 rings (SSSR count). The maximum absolute atomic E-state index is 14.6. The number of rotatable bonds is 5. The lowest BCUT2D eigenvalue weighted by Gasteiger charge is -2.09. The fraction of sp³-hybridized carbons (Fsp3) is 0.176. The second-order valence-corrected chi connectivity index (χ2v) is 7.37. The molecule has 2 aromatic carbocycles. The Morgan fingerprint density at radius 1 is 1.25 bits per heavy atom. The third-order valence-electron chi connectivity index (χ3n) is 3.26. The summed E-state index contributed by atoms with van der Waals surface area (Å²) < 4.78 is 30.1. The number of fused-ring (bicyclic) bond motifs is 1. The standard InChI is InChI=1S/C17H14F2N2OS2/c1-2-5-14(22)20-12-9-8-10(18)16(15(12)19)24-17-21-11-6-3-4-7-13(11)23-17/h3-4,6-9H,2,5H2,1H3,(H,20,22). The maximum Gasteiger partial charge on any atom is 0.224 e. The zero-order chi connectivity index (χ0) is 17.1. The molecule has 0 bridgehead atoms. The van der Waals surface area contributed by atoms with Crippen molar-refractivity contribution in [1.82, 2.24) is 4.98 Å². The van der Waals surface area contributed by atoms with E-state index in [1.807, 2.05) is 31.2 Å².